The monoisotopic (exact) mass is 503 g/mol. The average Bonchev–Trinajstić information content (AvgIpc) is 3.58. The third-order valence-electron chi connectivity index (χ3n) is 5.79. The Morgan fingerprint density at radius 2 is 2.00 bits per heavy atom. The number of benzene rings is 1. The Balaban J connectivity index is 1.55. The third-order valence-corrected chi connectivity index (χ3v) is 5.79. The zero-order chi connectivity index (χ0) is 26.2. The summed E-state index contributed by atoms with van der Waals surface area (Å²) in [4.78, 5) is 33.4. The van der Waals surface area contributed by atoms with Crippen molar-refractivity contribution in [2.24, 2.45) is 7.05 Å². The molecule has 2 N–H and O–H groups in total. The Kier molecular flexibility index (Phi) is 5.35. The van der Waals surface area contributed by atoms with Crippen molar-refractivity contribution in [1.29, 1.82) is 0 Å². The van der Waals surface area contributed by atoms with Crippen molar-refractivity contribution >= 4 is 17.3 Å². The molecular formula is C24H17N13O. The van der Waals surface area contributed by atoms with Crippen molar-refractivity contribution in [1.82, 2.24) is 54.3 Å². The molecule has 5 heterocycles. The highest BCUT2D eigenvalue weighted by atomic mass is 16.1. The van der Waals surface area contributed by atoms with E-state index in [1.165, 1.54) is 19.8 Å². The first-order valence-corrected chi connectivity index (χ1v) is 11.2. The number of anilines is 1. The minimum Gasteiger partial charge on any atom is -0.368 e. The van der Waals surface area contributed by atoms with Gasteiger partial charge in [-0.25, -0.2) is 24.5 Å². The zero-order valence-corrected chi connectivity index (χ0v) is 19.8. The number of rotatable bonds is 5. The quantitative estimate of drug-likeness (QED) is 0.343. The van der Waals surface area contributed by atoms with Gasteiger partial charge in [0.2, 0.25) is 17.3 Å². The Morgan fingerprint density at radius 1 is 1.11 bits per heavy atom. The summed E-state index contributed by atoms with van der Waals surface area (Å²) in [5, 5.41) is 16.4. The van der Waals surface area contributed by atoms with Crippen LogP contribution < -0.4 is 11.3 Å². The van der Waals surface area contributed by atoms with Crippen LogP contribution in [-0.4, -0.2) is 54.3 Å². The first kappa shape index (κ1) is 22.6. The highest BCUT2D eigenvalue weighted by Crippen LogP contribution is 2.35. The number of hydrogen-bond donors (Lipinski definition) is 1. The summed E-state index contributed by atoms with van der Waals surface area (Å²) >= 11 is 0. The van der Waals surface area contributed by atoms with Gasteiger partial charge in [0, 0.05) is 37.3 Å². The van der Waals surface area contributed by atoms with Crippen LogP contribution in [0.2, 0.25) is 0 Å². The van der Waals surface area contributed by atoms with Crippen molar-refractivity contribution in [3.63, 3.8) is 0 Å². The molecule has 38 heavy (non-hydrogen) atoms. The molecule has 0 atom stereocenters. The molecule has 0 fully saturated rings. The lowest BCUT2D eigenvalue weighted by molar-refractivity contribution is 0.627. The fraction of sp³-hybridized carbons (Fsp3) is 0.0833. The lowest BCUT2D eigenvalue weighted by atomic mass is 10.0. The number of fused-ring (bicyclic) bond motifs is 1. The van der Waals surface area contributed by atoms with Gasteiger partial charge in [-0.2, -0.15) is 4.52 Å². The third kappa shape index (κ3) is 3.89. The molecule has 184 valence electrons. The van der Waals surface area contributed by atoms with Crippen LogP contribution in [0.5, 0.6) is 0 Å². The number of nitrogens with zero attached hydrogens (tertiary/aromatic N) is 12. The second kappa shape index (κ2) is 8.99. The number of nitrogens with two attached hydrogens (primary N) is 1. The molecule has 0 aliphatic heterocycles. The van der Waals surface area contributed by atoms with Crippen LogP contribution in [0.25, 0.3) is 44.4 Å². The predicted molar refractivity (Wildman–Crippen MR) is 136 cm³/mol. The van der Waals surface area contributed by atoms with Crippen LogP contribution in [0.4, 0.5) is 11.6 Å². The molecule has 14 nitrogen and oxygen atoms in total. The molecule has 6 rings (SSSR count). The van der Waals surface area contributed by atoms with E-state index in [1.807, 2.05) is 6.07 Å². The number of hydrogen-bond acceptors (Lipinski definition) is 10. The molecule has 0 amide bonds. The maximum atomic E-state index is 12.1. The second-order valence-corrected chi connectivity index (χ2v) is 8.24. The summed E-state index contributed by atoms with van der Waals surface area (Å²) in [5.41, 5.74) is 9.99. The van der Waals surface area contributed by atoms with Crippen molar-refractivity contribution < 1.29 is 0 Å². The maximum Gasteiger partial charge on any atom is 0.250 e. The largest absolute Gasteiger partial charge is 0.368 e. The summed E-state index contributed by atoms with van der Waals surface area (Å²) in [6, 6.07) is 10.2. The normalized spacial score (nSPS) is 11.1. The van der Waals surface area contributed by atoms with Crippen LogP contribution in [0, 0.1) is 6.57 Å². The van der Waals surface area contributed by atoms with Crippen molar-refractivity contribution in [2.45, 2.75) is 6.54 Å². The van der Waals surface area contributed by atoms with Crippen LogP contribution in [0.15, 0.2) is 66.0 Å². The lowest BCUT2D eigenvalue weighted by Gasteiger charge is -2.13. The SMILES string of the molecule is [C-]#[N+]c1cccc(-c2nc(N)n3nc(Cn4nnnc4-c4cnccn4)nc3c2-c2ccc(=O)n(C)c2)c1. The average molecular weight is 503 g/mol. The molecule has 0 radical (unpaired) electrons. The van der Waals surface area contributed by atoms with Gasteiger partial charge in [0.25, 0.3) is 0 Å². The summed E-state index contributed by atoms with van der Waals surface area (Å²) < 4.78 is 4.41. The number of pyridine rings is 1. The van der Waals surface area contributed by atoms with E-state index in [4.69, 9.17) is 17.3 Å². The van der Waals surface area contributed by atoms with E-state index in [9.17, 15) is 4.79 Å². The minimum absolute atomic E-state index is 0.0985. The van der Waals surface area contributed by atoms with E-state index in [2.05, 4.69) is 40.4 Å². The molecule has 0 saturated carbocycles. The van der Waals surface area contributed by atoms with Crippen LogP contribution in [0.1, 0.15) is 5.82 Å². The number of aromatic nitrogens is 11. The molecule has 0 spiro atoms. The first-order chi connectivity index (χ1) is 18.5. The van der Waals surface area contributed by atoms with Gasteiger partial charge in [-0.15, -0.1) is 10.2 Å². The maximum absolute atomic E-state index is 12.1. The van der Waals surface area contributed by atoms with E-state index in [0.29, 0.717) is 51.1 Å². The Hall–Kier alpha value is -5.84. The van der Waals surface area contributed by atoms with E-state index >= 15 is 0 Å². The topological polar surface area (TPSA) is 165 Å². The lowest BCUT2D eigenvalue weighted by Crippen LogP contribution is -2.14. The molecule has 0 saturated heterocycles. The minimum atomic E-state index is -0.165. The van der Waals surface area contributed by atoms with Crippen molar-refractivity contribution in [2.75, 3.05) is 5.73 Å². The van der Waals surface area contributed by atoms with Gasteiger partial charge in [-0.1, -0.05) is 18.2 Å². The highest BCUT2D eigenvalue weighted by molar-refractivity contribution is 5.91. The Labute approximate surface area is 213 Å². The number of aryl methyl sites for hydroxylation is 1. The van der Waals surface area contributed by atoms with Crippen LogP contribution in [0.3, 0.4) is 0 Å². The molecule has 0 bridgehead atoms. The molecule has 5 aromatic heterocycles. The van der Waals surface area contributed by atoms with E-state index in [-0.39, 0.29) is 18.1 Å². The smallest absolute Gasteiger partial charge is 0.250 e. The predicted octanol–water partition coefficient (Wildman–Crippen LogP) is 1.78. The molecule has 1 aromatic carbocycles. The molecule has 6 aromatic rings. The van der Waals surface area contributed by atoms with Gasteiger partial charge in [0.1, 0.15) is 12.2 Å². The molecule has 0 aliphatic carbocycles. The molecule has 0 unspecified atom stereocenters. The van der Waals surface area contributed by atoms with Crippen molar-refractivity contribution in [3.8, 4) is 33.9 Å². The van der Waals surface area contributed by atoms with Gasteiger partial charge in [0.15, 0.2) is 17.2 Å². The summed E-state index contributed by atoms with van der Waals surface area (Å²) in [6.07, 6.45) is 6.36. The standard InChI is InChI=1S/C24H17N13O/c1-26-16-5-3-4-14(10-16)21-20(15-6-7-19(38)35(2)12-15)23-29-18(32-37(23)24(25)30-21)13-36-22(31-33-34-36)17-11-27-8-9-28-17/h3-12H,13H2,2H3,(H2,25,30). The molecular weight excluding hydrogens is 486 g/mol. The Bertz CT molecular complexity index is 1910. The van der Waals surface area contributed by atoms with Crippen LogP contribution in [-0.2, 0) is 13.6 Å². The van der Waals surface area contributed by atoms with E-state index in [1.54, 1.807) is 56.1 Å². The van der Waals surface area contributed by atoms with Gasteiger partial charge in [-0.05, 0) is 28.1 Å². The van der Waals surface area contributed by atoms with Gasteiger partial charge >= 0.3 is 0 Å². The number of nitrogen functional groups attached to an aromatic ring is 1. The highest BCUT2D eigenvalue weighted by Gasteiger charge is 2.22. The van der Waals surface area contributed by atoms with Crippen molar-refractivity contribution in [3.05, 3.63) is 88.8 Å². The molecule has 14 heteroatoms. The fourth-order valence-corrected chi connectivity index (χ4v) is 4.05. The van der Waals surface area contributed by atoms with Gasteiger partial charge < -0.3 is 10.3 Å². The van der Waals surface area contributed by atoms with E-state index in [0.717, 1.165) is 0 Å². The Morgan fingerprint density at radius 3 is 2.79 bits per heavy atom. The fourth-order valence-electron chi connectivity index (χ4n) is 4.05. The summed E-state index contributed by atoms with van der Waals surface area (Å²) in [7, 11) is 1.66. The molecule has 0 aliphatic rings. The van der Waals surface area contributed by atoms with Crippen LogP contribution >= 0.6 is 0 Å². The zero-order valence-electron chi connectivity index (χ0n) is 19.8. The summed E-state index contributed by atoms with van der Waals surface area (Å²) in [5.74, 6) is 0.869. The van der Waals surface area contributed by atoms with Gasteiger partial charge in [0.05, 0.1) is 24.0 Å². The summed E-state index contributed by atoms with van der Waals surface area (Å²) in [6.45, 7) is 7.53. The number of tetrazole rings is 1. The van der Waals surface area contributed by atoms with E-state index < -0.39 is 0 Å². The second-order valence-electron chi connectivity index (χ2n) is 8.24. The van der Waals surface area contributed by atoms with Gasteiger partial charge in [-0.3, -0.25) is 9.78 Å². The first-order valence-electron chi connectivity index (χ1n) is 11.2.